The van der Waals surface area contributed by atoms with Gasteiger partial charge >= 0.3 is 11.9 Å². The number of aliphatic hydroxyl groups excluding tert-OH is 1. The van der Waals surface area contributed by atoms with Gasteiger partial charge in [-0.05, 0) is 49.3 Å². The van der Waals surface area contributed by atoms with E-state index in [1.807, 2.05) is 37.3 Å². The number of aliphatic hydroxyl groups is 1. The molecule has 33 heavy (non-hydrogen) atoms. The fraction of sp³-hybridized carbons (Fsp3) is 0.440. The fourth-order valence-electron chi connectivity index (χ4n) is 3.95. The summed E-state index contributed by atoms with van der Waals surface area (Å²) in [5, 5.41) is 19.5. The molecule has 2 N–H and O–H groups in total. The number of carboxylic acids is 1. The van der Waals surface area contributed by atoms with Crippen LogP contribution in [-0.2, 0) is 17.6 Å². The van der Waals surface area contributed by atoms with Crippen molar-refractivity contribution in [3.8, 4) is 0 Å². The summed E-state index contributed by atoms with van der Waals surface area (Å²) < 4.78 is 28.2. The third-order valence-electron chi connectivity index (χ3n) is 5.98. The quantitative estimate of drug-likeness (QED) is 0.456. The third-order valence-corrected chi connectivity index (χ3v) is 7.11. The van der Waals surface area contributed by atoms with Gasteiger partial charge in [-0.25, -0.2) is 4.79 Å². The second kappa shape index (κ2) is 11.0. The molecular formula is C25H29F2NO4S. The lowest BCUT2D eigenvalue weighted by Crippen LogP contribution is -2.36. The van der Waals surface area contributed by atoms with E-state index in [0.29, 0.717) is 12.8 Å². The number of hydrogen-bond donors (Lipinski definition) is 2. The van der Waals surface area contributed by atoms with Gasteiger partial charge in [-0.15, -0.1) is 11.3 Å². The Morgan fingerprint density at radius 2 is 1.97 bits per heavy atom. The normalized spacial score (nSPS) is 19.8. The molecule has 5 nitrogen and oxygen atoms in total. The standard InChI is InChI=1S/C25H29F2NO4S/c1-17(9-10-18-6-3-2-4-7-18)21(29)13-11-19-16-25(26,27)24(32)28(19)15-5-8-20-12-14-22(33-20)23(30)31/h2-4,6-7,11-14,17,19,21,29H,5,8-10,15-16H2,1H3,(H,30,31)/b13-11+/t17-,19?,21-/m0/s1. The molecule has 1 fully saturated rings. The second-order valence-corrected chi connectivity index (χ2v) is 9.69. The van der Waals surface area contributed by atoms with Gasteiger partial charge in [0.1, 0.15) is 4.88 Å². The van der Waals surface area contributed by atoms with Crippen LogP contribution < -0.4 is 0 Å². The molecule has 2 heterocycles. The van der Waals surface area contributed by atoms with Crippen LogP contribution in [0.1, 0.15) is 46.3 Å². The maximum Gasteiger partial charge on any atom is 0.345 e. The molecule has 1 saturated heterocycles. The van der Waals surface area contributed by atoms with E-state index in [9.17, 15) is 23.5 Å². The van der Waals surface area contributed by atoms with Gasteiger partial charge in [0.2, 0.25) is 0 Å². The van der Waals surface area contributed by atoms with Crippen LogP contribution in [0.4, 0.5) is 8.78 Å². The molecule has 178 valence electrons. The van der Waals surface area contributed by atoms with Gasteiger partial charge < -0.3 is 15.1 Å². The average Bonchev–Trinajstić information content (AvgIpc) is 3.35. The monoisotopic (exact) mass is 477 g/mol. The zero-order chi connectivity index (χ0) is 24.0. The summed E-state index contributed by atoms with van der Waals surface area (Å²) in [4.78, 5) is 25.4. The van der Waals surface area contributed by atoms with Crippen molar-refractivity contribution in [1.82, 2.24) is 4.90 Å². The molecular weight excluding hydrogens is 448 g/mol. The van der Waals surface area contributed by atoms with E-state index in [0.717, 1.165) is 29.1 Å². The van der Waals surface area contributed by atoms with Crippen LogP contribution in [0, 0.1) is 5.92 Å². The first-order chi connectivity index (χ1) is 15.7. The van der Waals surface area contributed by atoms with E-state index in [1.54, 1.807) is 6.07 Å². The summed E-state index contributed by atoms with van der Waals surface area (Å²) in [5.41, 5.74) is 1.17. The van der Waals surface area contributed by atoms with Gasteiger partial charge in [0.05, 0.1) is 12.1 Å². The van der Waals surface area contributed by atoms with Crippen LogP contribution >= 0.6 is 11.3 Å². The Bertz CT molecular complexity index is 976. The minimum absolute atomic E-state index is 0.0604. The number of benzene rings is 1. The highest BCUT2D eigenvalue weighted by atomic mass is 32.1. The molecule has 1 aliphatic heterocycles. The number of rotatable bonds is 11. The Labute approximate surface area is 196 Å². The molecule has 2 aromatic rings. The summed E-state index contributed by atoms with van der Waals surface area (Å²) in [6.07, 6.45) is 4.17. The average molecular weight is 478 g/mol. The van der Waals surface area contributed by atoms with Crippen LogP contribution in [-0.4, -0.2) is 51.6 Å². The number of nitrogens with zero attached hydrogens (tertiary/aromatic N) is 1. The van der Waals surface area contributed by atoms with Crippen molar-refractivity contribution in [1.29, 1.82) is 0 Å². The highest BCUT2D eigenvalue weighted by Gasteiger charge is 2.52. The molecule has 1 amide bonds. The maximum atomic E-state index is 14.1. The van der Waals surface area contributed by atoms with Gasteiger partial charge in [-0.1, -0.05) is 49.4 Å². The van der Waals surface area contributed by atoms with E-state index in [4.69, 9.17) is 5.11 Å². The fourth-order valence-corrected chi connectivity index (χ4v) is 4.84. The largest absolute Gasteiger partial charge is 0.477 e. The summed E-state index contributed by atoms with van der Waals surface area (Å²) in [5.74, 6) is -5.67. The van der Waals surface area contributed by atoms with Crippen molar-refractivity contribution >= 4 is 23.2 Å². The SMILES string of the molecule is C[C@@H](CCc1ccccc1)[C@@H](O)/C=C/C1CC(F)(F)C(=O)N1CCCc1ccc(C(=O)O)s1. The molecule has 0 aliphatic carbocycles. The van der Waals surface area contributed by atoms with Gasteiger partial charge in [0.15, 0.2) is 0 Å². The number of likely N-dealkylation sites (tertiary alicyclic amines) is 1. The van der Waals surface area contributed by atoms with Crippen LogP contribution in [0.3, 0.4) is 0 Å². The number of thiophene rings is 1. The van der Waals surface area contributed by atoms with Crippen molar-refractivity contribution in [2.45, 2.75) is 57.1 Å². The summed E-state index contributed by atoms with van der Waals surface area (Å²) >= 11 is 1.15. The Morgan fingerprint density at radius 1 is 1.24 bits per heavy atom. The molecule has 1 aromatic carbocycles. The molecule has 0 saturated carbocycles. The van der Waals surface area contributed by atoms with Crippen LogP contribution in [0.15, 0.2) is 54.6 Å². The first-order valence-electron chi connectivity index (χ1n) is 11.1. The number of halogens is 2. The molecule has 0 radical (unpaired) electrons. The summed E-state index contributed by atoms with van der Waals surface area (Å²) in [6, 6.07) is 12.4. The maximum absolute atomic E-state index is 14.1. The molecule has 1 unspecified atom stereocenters. The topological polar surface area (TPSA) is 77.8 Å². The minimum Gasteiger partial charge on any atom is -0.477 e. The number of carboxylic acid groups (broad SMARTS) is 1. The molecule has 1 aromatic heterocycles. The van der Waals surface area contributed by atoms with Crippen LogP contribution in [0.2, 0.25) is 0 Å². The van der Waals surface area contributed by atoms with Crippen molar-refractivity contribution in [2.75, 3.05) is 6.54 Å². The highest BCUT2D eigenvalue weighted by molar-refractivity contribution is 7.13. The van der Waals surface area contributed by atoms with Crippen molar-refractivity contribution in [3.63, 3.8) is 0 Å². The van der Waals surface area contributed by atoms with E-state index in [-0.39, 0.29) is 17.3 Å². The van der Waals surface area contributed by atoms with E-state index in [1.165, 1.54) is 28.7 Å². The number of alkyl halides is 2. The lowest BCUT2D eigenvalue weighted by molar-refractivity contribution is -0.148. The van der Waals surface area contributed by atoms with Crippen LogP contribution in [0.5, 0.6) is 0 Å². The first kappa shape index (κ1) is 25.1. The van der Waals surface area contributed by atoms with Gasteiger partial charge in [0, 0.05) is 17.8 Å². The highest BCUT2D eigenvalue weighted by Crippen LogP contribution is 2.34. The number of hydrogen-bond acceptors (Lipinski definition) is 4. The molecule has 1 aliphatic rings. The van der Waals surface area contributed by atoms with E-state index in [2.05, 4.69) is 0 Å². The number of aryl methyl sites for hydroxylation is 2. The van der Waals surface area contributed by atoms with Gasteiger partial charge in [-0.2, -0.15) is 8.78 Å². The Morgan fingerprint density at radius 3 is 2.64 bits per heavy atom. The molecule has 3 rings (SSSR count). The lowest BCUT2D eigenvalue weighted by Gasteiger charge is -2.22. The zero-order valence-electron chi connectivity index (χ0n) is 18.5. The van der Waals surface area contributed by atoms with Crippen molar-refractivity contribution in [3.05, 3.63) is 69.9 Å². The Balaban J connectivity index is 1.55. The number of amides is 1. The first-order valence-corrected chi connectivity index (χ1v) is 11.9. The minimum atomic E-state index is -3.42. The molecule has 0 bridgehead atoms. The Kier molecular flexibility index (Phi) is 8.37. The summed E-state index contributed by atoms with van der Waals surface area (Å²) in [7, 11) is 0. The predicted molar refractivity (Wildman–Crippen MR) is 124 cm³/mol. The van der Waals surface area contributed by atoms with Crippen molar-refractivity contribution < 1.29 is 28.6 Å². The second-order valence-electron chi connectivity index (χ2n) is 8.53. The van der Waals surface area contributed by atoms with Gasteiger partial charge in [0.25, 0.3) is 5.91 Å². The zero-order valence-corrected chi connectivity index (χ0v) is 19.3. The molecule has 3 atom stereocenters. The molecule has 0 spiro atoms. The van der Waals surface area contributed by atoms with Gasteiger partial charge in [-0.3, -0.25) is 4.79 Å². The predicted octanol–water partition coefficient (Wildman–Crippen LogP) is 4.80. The third kappa shape index (κ3) is 6.71. The number of aromatic carboxylic acids is 1. The van der Waals surface area contributed by atoms with E-state index < -0.39 is 36.4 Å². The smallest absolute Gasteiger partial charge is 0.345 e. The Hall–Kier alpha value is -2.58. The van der Waals surface area contributed by atoms with Crippen LogP contribution in [0.25, 0.3) is 0 Å². The number of carbonyl (C=O) groups excluding carboxylic acids is 1. The number of carbonyl (C=O) groups is 2. The molecule has 8 heteroatoms. The lowest BCUT2D eigenvalue weighted by atomic mass is 9.95. The van der Waals surface area contributed by atoms with Crippen molar-refractivity contribution in [2.24, 2.45) is 5.92 Å². The van der Waals surface area contributed by atoms with E-state index >= 15 is 0 Å². The summed E-state index contributed by atoms with van der Waals surface area (Å²) in [6.45, 7) is 2.06.